The maximum Gasteiger partial charge on any atom is 0.241 e. The van der Waals surface area contributed by atoms with Gasteiger partial charge in [-0.1, -0.05) is 13.0 Å². The van der Waals surface area contributed by atoms with Crippen LogP contribution in [0.15, 0.2) is 17.5 Å². The fourth-order valence-corrected chi connectivity index (χ4v) is 3.74. The largest absolute Gasteiger partial charge is 0.381 e. The molecule has 5 heteroatoms. The lowest BCUT2D eigenvalue weighted by molar-refractivity contribution is -0.137. The summed E-state index contributed by atoms with van der Waals surface area (Å²) < 4.78 is 5.33. The van der Waals surface area contributed by atoms with E-state index in [1.165, 1.54) is 4.88 Å². The molecular formula is C14H20N2O2S. The molecule has 2 heterocycles. The van der Waals surface area contributed by atoms with Crippen LogP contribution >= 0.6 is 11.3 Å². The van der Waals surface area contributed by atoms with Crippen LogP contribution in [-0.4, -0.2) is 36.1 Å². The minimum absolute atomic E-state index is 0.0336. The Kier molecular flexibility index (Phi) is 3.60. The van der Waals surface area contributed by atoms with Gasteiger partial charge in [-0.2, -0.15) is 0 Å². The van der Waals surface area contributed by atoms with Crippen LogP contribution < -0.4 is 5.32 Å². The van der Waals surface area contributed by atoms with E-state index in [-0.39, 0.29) is 18.1 Å². The highest BCUT2D eigenvalue weighted by Crippen LogP contribution is 2.38. The Labute approximate surface area is 117 Å². The molecule has 4 nitrogen and oxygen atoms in total. The normalized spacial score (nSPS) is 34.6. The van der Waals surface area contributed by atoms with Gasteiger partial charge < -0.3 is 9.64 Å². The maximum atomic E-state index is 12.5. The minimum Gasteiger partial charge on any atom is -0.381 e. The van der Waals surface area contributed by atoms with Gasteiger partial charge in [-0.3, -0.25) is 10.1 Å². The third kappa shape index (κ3) is 2.20. The molecule has 2 unspecified atom stereocenters. The molecule has 1 aliphatic carbocycles. The summed E-state index contributed by atoms with van der Waals surface area (Å²) in [4.78, 5) is 15.8. The number of methoxy groups -OCH3 is 1. The summed E-state index contributed by atoms with van der Waals surface area (Å²) in [6, 6.07) is 4.44. The van der Waals surface area contributed by atoms with Crippen molar-refractivity contribution in [3.63, 3.8) is 0 Å². The molecule has 1 aromatic rings. The zero-order valence-electron chi connectivity index (χ0n) is 11.3. The van der Waals surface area contributed by atoms with Crippen molar-refractivity contribution in [2.24, 2.45) is 0 Å². The first-order valence-electron chi connectivity index (χ1n) is 6.89. The van der Waals surface area contributed by atoms with E-state index in [9.17, 15) is 4.79 Å². The zero-order chi connectivity index (χ0) is 13.4. The van der Waals surface area contributed by atoms with E-state index in [2.05, 4.69) is 28.6 Å². The minimum atomic E-state index is -0.0336. The molecule has 1 N–H and O–H groups in total. The fourth-order valence-electron chi connectivity index (χ4n) is 2.96. The average Bonchev–Trinajstić information content (AvgIpc) is 2.97. The van der Waals surface area contributed by atoms with Crippen LogP contribution in [0.4, 0.5) is 0 Å². The molecule has 19 heavy (non-hydrogen) atoms. The number of ether oxygens (including phenoxy) is 1. The molecule has 2 fully saturated rings. The highest BCUT2D eigenvalue weighted by Gasteiger charge is 2.46. The predicted octanol–water partition coefficient (Wildman–Crippen LogP) is 2.13. The molecule has 1 aromatic heterocycles. The van der Waals surface area contributed by atoms with Crippen LogP contribution in [-0.2, 0) is 9.53 Å². The number of amides is 1. The van der Waals surface area contributed by atoms with E-state index in [1.807, 2.05) is 6.07 Å². The van der Waals surface area contributed by atoms with Crippen molar-refractivity contribution in [1.82, 2.24) is 10.2 Å². The second-order valence-corrected chi connectivity index (χ2v) is 6.25. The van der Waals surface area contributed by atoms with E-state index in [0.717, 1.165) is 19.3 Å². The van der Waals surface area contributed by atoms with Crippen molar-refractivity contribution in [1.29, 1.82) is 0 Å². The van der Waals surface area contributed by atoms with Crippen molar-refractivity contribution < 1.29 is 9.53 Å². The second-order valence-electron chi connectivity index (χ2n) is 5.27. The first-order valence-corrected chi connectivity index (χ1v) is 7.77. The lowest BCUT2D eigenvalue weighted by Crippen LogP contribution is -2.50. The lowest BCUT2D eigenvalue weighted by Gasteiger charge is -2.42. The molecule has 1 saturated heterocycles. The summed E-state index contributed by atoms with van der Waals surface area (Å²) in [6.07, 6.45) is 3.14. The number of rotatable bonds is 4. The van der Waals surface area contributed by atoms with Gasteiger partial charge in [0.2, 0.25) is 5.91 Å². The SMILES string of the molecule is CCC1NC(c2cccs2)N(C2CC(OC)C2)C1=O. The van der Waals surface area contributed by atoms with E-state index in [0.29, 0.717) is 12.1 Å². The highest BCUT2D eigenvalue weighted by atomic mass is 32.1. The highest BCUT2D eigenvalue weighted by molar-refractivity contribution is 7.10. The van der Waals surface area contributed by atoms with Gasteiger partial charge in [0.25, 0.3) is 0 Å². The van der Waals surface area contributed by atoms with Crippen LogP contribution in [0.1, 0.15) is 37.2 Å². The summed E-state index contributed by atoms with van der Waals surface area (Å²) in [5, 5.41) is 5.54. The molecule has 0 bridgehead atoms. The number of thiophene rings is 1. The van der Waals surface area contributed by atoms with Gasteiger partial charge in [-0.15, -0.1) is 11.3 Å². The zero-order valence-corrected chi connectivity index (χ0v) is 12.2. The average molecular weight is 280 g/mol. The summed E-state index contributed by atoms with van der Waals surface area (Å²) in [6.45, 7) is 2.06. The van der Waals surface area contributed by atoms with Crippen molar-refractivity contribution in [2.75, 3.05) is 7.11 Å². The number of nitrogens with one attached hydrogen (secondary N) is 1. The molecule has 1 amide bonds. The Bertz CT molecular complexity index is 442. The van der Waals surface area contributed by atoms with E-state index < -0.39 is 0 Å². The molecule has 104 valence electrons. The Balaban J connectivity index is 1.79. The van der Waals surface area contributed by atoms with Crippen LogP contribution in [0.5, 0.6) is 0 Å². The van der Waals surface area contributed by atoms with E-state index in [1.54, 1.807) is 18.4 Å². The number of nitrogens with zero attached hydrogens (tertiary/aromatic N) is 1. The third-order valence-electron chi connectivity index (χ3n) is 4.21. The Morgan fingerprint density at radius 2 is 2.32 bits per heavy atom. The lowest BCUT2D eigenvalue weighted by atomic mass is 9.87. The molecule has 2 aliphatic rings. The second kappa shape index (κ2) is 5.23. The smallest absolute Gasteiger partial charge is 0.241 e. The maximum absolute atomic E-state index is 12.5. The van der Waals surface area contributed by atoms with E-state index >= 15 is 0 Å². The van der Waals surface area contributed by atoms with Gasteiger partial charge in [-0.05, 0) is 30.7 Å². The van der Waals surface area contributed by atoms with Crippen LogP contribution in [0.3, 0.4) is 0 Å². The van der Waals surface area contributed by atoms with Gasteiger partial charge in [0.05, 0.1) is 12.1 Å². The van der Waals surface area contributed by atoms with Crippen LogP contribution in [0, 0.1) is 0 Å². The van der Waals surface area contributed by atoms with Crippen molar-refractivity contribution >= 4 is 17.2 Å². The molecule has 0 aromatic carbocycles. The molecule has 1 saturated carbocycles. The quantitative estimate of drug-likeness (QED) is 0.918. The predicted molar refractivity (Wildman–Crippen MR) is 74.9 cm³/mol. The summed E-state index contributed by atoms with van der Waals surface area (Å²) >= 11 is 1.71. The van der Waals surface area contributed by atoms with Gasteiger partial charge in [0.15, 0.2) is 0 Å². The van der Waals surface area contributed by atoms with Crippen molar-refractivity contribution in [2.45, 2.75) is 50.5 Å². The molecule has 0 spiro atoms. The Morgan fingerprint density at radius 1 is 1.53 bits per heavy atom. The van der Waals surface area contributed by atoms with Crippen molar-refractivity contribution in [3.8, 4) is 0 Å². The number of hydrogen-bond donors (Lipinski definition) is 1. The van der Waals surface area contributed by atoms with Crippen LogP contribution in [0.25, 0.3) is 0 Å². The Morgan fingerprint density at radius 3 is 2.89 bits per heavy atom. The molecule has 3 rings (SSSR count). The van der Waals surface area contributed by atoms with Gasteiger partial charge in [0.1, 0.15) is 6.17 Å². The standard InChI is InChI=1S/C14H20N2O2S/c1-3-11-14(17)16(9-7-10(8-9)18-2)13(15-11)12-5-4-6-19-12/h4-6,9-11,13,15H,3,7-8H2,1-2H3. The fraction of sp³-hybridized carbons (Fsp3) is 0.643. The first-order chi connectivity index (χ1) is 9.24. The summed E-state index contributed by atoms with van der Waals surface area (Å²) in [5.74, 6) is 0.250. The van der Waals surface area contributed by atoms with Crippen LogP contribution in [0.2, 0.25) is 0 Å². The third-order valence-corrected chi connectivity index (χ3v) is 5.13. The molecular weight excluding hydrogens is 260 g/mol. The van der Waals surface area contributed by atoms with Gasteiger partial charge in [-0.25, -0.2) is 0 Å². The summed E-state index contributed by atoms with van der Waals surface area (Å²) in [5.41, 5.74) is 0. The number of carbonyl (C=O) groups excluding carboxylic acids is 1. The Hall–Kier alpha value is -0.910. The first kappa shape index (κ1) is 13.1. The number of hydrogen-bond acceptors (Lipinski definition) is 4. The van der Waals surface area contributed by atoms with Gasteiger partial charge >= 0.3 is 0 Å². The monoisotopic (exact) mass is 280 g/mol. The molecule has 1 aliphatic heterocycles. The van der Waals surface area contributed by atoms with Crippen molar-refractivity contribution in [3.05, 3.63) is 22.4 Å². The summed E-state index contributed by atoms with van der Waals surface area (Å²) in [7, 11) is 1.75. The van der Waals surface area contributed by atoms with Gasteiger partial charge in [0, 0.05) is 18.0 Å². The number of carbonyl (C=O) groups is 1. The molecule has 2 atom stereocenters. The topological polar surface area (TPSA) is 41.6 Å². The molecule has 0 radical (unpaired) electrons. The van der Waals surface area contributed by atoms with E-state index in [4.69, 9.17) is 4.74 Å².